The van der Waals surface area contributed by atoms with Crippen LogP contribution < -0.4 is 0 Å². The number of carbonyl (C=O) groups is 1. The van der Waals surface area contributed by atoms with E-state index in [0.29, 0.717) is 12.8 Å². The molecule has 2 rings (SSSR count). The van der Waals surface area contributed by atoms with Crippen molar-refractivity contribution in [3.63, 3.8) is 0 Å². The summed E-state index contributed by atoms with van der Waals surface area (Å²) in [7, 11) is 0. The molecule has 110 valence electrons. The molecule has 0 aliphatic heterocycles. The van der Waals surface area contributed by atoms with Crippen molar-refractivity contribution in [1.29, 1.82) is 0 Å². The first-order valence-corrected chi connectivity index (χ1v) is 7.45. The minimum absolute atomic E-state index is 0.0288. The summed E-state index contributed by atoms with van der Waals surface area (Å²) in [4.78, 5) is 12.2. The molecule has 2 aromatic carbocycles. The molecule has 1 atom stereocenters. The molecule has 0 spiro atoms. The third-order valence-electron chi connectivity index (χ3n) is 3.34. The number of rotatable bonds is 7. The van der Waals surface area contributed by atoms with Gasteiger partial charge in [0.25, 0.3) is 0 Å². The smallest absolute Gasteiger partial charge is 0.162 e. The van der Waals surface area contributed by atoms with Crippen LogP contribution in [-0.2, 0) is 4.74 Å². The fourth-order valence-corrected chi connectivity index (χ4v) is 2.34. The number of carbonyl (C=O) groups excluding carboxylic acids is 1. The van der Waals surface area contributed by atoms with Crippen LogP contribution in [0.5, 0.6) is 0 Å². The van der Waals surface area contributed by atoms with Gasteiger partial charge in [0.15, 0.2) is 5.78 Å². The van der Waals surface area contributed by atoms with Crippen molar-refractivity contribution in [2.45, 2.75) is 38.9 Å². The first-order chi connectivity index (χ1) is 10.2. The lowest BCUT2D eigenvalue weighted by molar-refractivity contribution is 0.00109. The van der Waals surface area contributed by atoms with Gasteiger partial charge in [0.2, 0.25) is 0 Å². The van der Waals surface area contributed by atoms with Gasteiger partial charge in [-0.15, -0.1) is 0 Å². The molecule has 1 unspecified atom stereocenters. The van der Waals surface area contributed by atoms with Crippen LogP contribution in [0, 0.1) is 0 Å². The maximum atomic E-state index is 12.2. The minimum Gasteiger partial charge on any atom is -0.371 e. The largest absolute Gasteiger partial charge is 0.371 e. The summed E-state index contributed by atoms with van der Waals surface area (Å²) in [5.41, 5.74) is 1.90. The van der Waals surface area contributed by atoms with Gasteiger partial charge >= 0.3 is 0 Å². The second kappa shape index (κ2) is 7.75. The molecule has 0 fully saturated rings. The molecule has 0 heterocycles. The summed E-state index contributed by atoms with van der Waals surface area (Å²) in [6.45, 7) is 4.05. The lowest BCUT2D eigenvalue weighted by Gasteiger charge is -2.20. The summed E-state index contributed by atoms with van der Waals surface area (Å²) in [5, 5.41) is 0. The summed E-state index contributed by atoms with van der Waals surface area (Å²) in [6, 6.07) is 19.6. The molecule has 0 radical (unpaired) electrons. The van der Waals surface area contributed by atoms with Gasteiger partial charge in [0.05, 0.1) is 12.2 Å². The first-order valence-electron chi connectivity index (χ1n) is 7.45. The summed E-state index contributed by atoms with van der Waals surface area (Å²) >= 11 is 0. The Morgan fingerprint density at radius 2 is 1.52 bits per heavy atom. The van der Waals surface area contributed by atoms with Crippen molar-refractivity contribution >= 4 is 5.78 Å². The summed E-state index contributed by atoms with van der Waals surface area (Å²) < 4.78 is 5.97. The second-order valence-corrected chi connectivity index (χ2v) is 5.41. The van der Waals surface area contributed by atoms with E-state index in [9.17, 15) is 4.79 Å². The van der Waals surface area contributed by atoms with Crippen LogP contribution in [0.15, 0.2) is 60.7 Å². The predicted octanol–water partition coefficient (Wildman–Crippen LogP) is 4.82. The van der Waals surface area contributed by atoms with E-state index in [1.54, 1.807) is 0 Å². The fraction of sp³-hybridized carbons (Fsp3) is 0.316. The Balaban J connectivity index is 2.01. The second-order valence-electron chi connectivity index (χ2n) is 5.41. The molecule has 0 N–H and O–H groups in total. The fourth-order valence-electron chi connectivity index (χ4n) is 2.34. The third kappa shape index (κ3) is 4.83. The molecule has 2 nitrogen and oxygen atoms in total. The van der Waals surface area contributed by atoms with Crippen LogP contribution in [0.1, 0.15) is 48.7 Å². The third-order valence-corrected chi connectivity index (χ3v) is 3.34. The van der Waals surface area contributed by atoms with Crippen molar-refractivity contribution in [1.82, 2.24) is 0 Å². The number of ether oxygens (including phenoxy) is 1. The highest BCUT2D eigenvalue weighted by molar-refractivity contribution is 5.95. The van der Waals surface area contributed by atoms with E-state index < -0.39 is 0 Å². The Labute approximate surface area is 126 Å². The van der Waals surface area contributed by atoms with Gasteiger partial charge in [-0.1, -0.05) is 60.7 Å². The molecule has 2 heteroatoms. The van der Waals surface area contributed by atoms with Crippen molar-refractivity contribution in [3.8, 4) is 0 Å². The zero-order valence-corrected chi connectivity index (χ0v) is 12.7. The van der Waals surface area contributed by atoms with Gasteiger partial charge in [-0.3, -0.25) is 4.79 Å². The van der Waals surface area contributed by atoms with E-state index in [1.165, 1.54) is 0 Å². The Hall–Kier alpha value is -1.93. The van der Waals surface area contributed by atoms with E-state index in [4.69, 9.17) is 4.74 Å². The Morgan fingerprint density at radius 1 is 0.952 bits per heavy atom. The minimum atomic E-state index is -0.0288. The number of benzene rings is 2. The SMILES string of the molecule is CC(C)OC(CCC(=O)c1ccccc1)c1ccccc1. The Morgan fingerprint density at radius 3 is 2.10 bits per heavy atom. The first kappa shape index (κ1) is 15.5. The lowest BCUT2D eigenvalue weighted by Crippen LogP contribution is -2.12. The molecule has 0 bridgehead atoms. The van der Waals surface area contributed by atoms with Crippen LogP contribution in [0.4, 0.5) is 0 Å². The highest BCUT2D eigenvalue weighted by Crippen LogP contribution is 2.25. The van der Waals surface area contributed by atoms with Crippen molar-refractivity contribution in [2.75, 3.05) is 0 Å². The molecule has 2 aromatic rings. The maximum Gasteiger partial charge on any atom is 0.162 e. The highest BCUT2D eigenvalue weighted by Gasteiger charge is 2.16. The van der Waals surface area contributed by atoms with Gasteiger partial charge in [-0.25, -0.2) is 0 Å². The molecule has 0 aliphatic rings. The summed E-state index contributed by atoms with van der Waals surface area (Å²) in [6.07, 6.45) is 1.31. The molecule has 0 saturated carbocycles. The van der Waals surface area contributed by atoms with Crippen LogP contribution in [0.3, 0.4) is 0 Å². The monoisotopic (exact) mass is 282 g/mol. The zero-order valence-electron chi connectivity index (χ0n) is 12.7. The van der Waals surface area contributed by atoms with Crippen LogP contribution in [0.2, 0.25) is 0 Å². The normalized spacial score (nSPS) is 12.3. The van der Waals surface area contributed by atoms with E-state index in [1.807, 2.05) is 62.4 Å². The van der Waals surface area contributed by atoms with E-state index in [0.717, 1.165) is 11.1 Å². The van der Waals surface area contributed by atoms with Gasteiger partial charge in [0, 0.05) is 12.0 Å². The molecule has 21 heavy (non-hydrogen) atoms. The maximum absolute atomic E-state index is 12.2. The van der Waals surface area contributed by atoms with Crippen LogP contribution in [0.25, 0.3) is 0 Å². The summed E-state index contributed by atoms with van der Waals surface area (Å²) in [5.74, 6) is 0.170. The van der Waals surface area contributed by atoms with Crippen molar-refractivity contribution in [3.05, 3.63) is 71.8 Å². The zero-order chi connectivity index (χ0) is 15.1. The van der Waals surface area contributed by atoms with E-state index in [2.05, 4.69) is 12.1 Å². The van der Waals surface area contributed by atoms with E-state index >= 15 is 0 Å². The molecule has 0 aromatic heterocycles. The molecular weight excluding hydrogens is 260 g/mol. The number of ketones is 1. The van der Waals surface area contributed by atoms with Crippen LogP contribution >= 0.6 is 0 Å². The lowest BCUT2D eigenvalue weighted by atomic mass is 10.00. The van der Waals surface area contributed by atoms with Crippen molar-refractivity contribution in [2.24, 2.45) is 0 Å². The Kier molecular flexibility index (Phi) is 5.70. The van der Waals surface area contributed by atoms with Crippen LogP contribution in [-0.4, -0.2) is 11.9 Å². The average Bonchev–Trinajstić information content (AvgIpc) is 2.52. The Bertz CT molecular complexity index is 546. The van der Waals surface area contributed by atoms with Gasteiger partial charge < -0.3 is 4.74 Å². The highest BCUT2D eigenvalue weighted by atomic mass is 16.5. The van der Waals surface area contributed by atoms with Gasteiger partial charge in [0.1, 0.15) is 0 Å². The number of Topliss-reactive ketones (excluding diaryl/α,β-unsaturated/α-hetero) is 1. The van der Waals surface area contributed by atoms with E-state index in [-0.39, 0.29) is 18.0 Å². The molecular formula is C19H22O2. The standard InChI is InChI=1S/C19H22O2/c1-15(2)21-19(17-11-7-4-8-12-17)14-13-18(20)16-9-5-3-6-10-16/h3-12,15,19H,13-14H2,1-2H3. The molecule has 0 amide bonds. The van der Waals surface area contributed by atoms with Crippen molar-refractivity contribution < 1.29 is 9.53 Å². The number of hydrogen-bond acceptors (Lipinski definition) is 2. The predicted molar refractivity (Wildman–Crippen MR) is 85.4 cm³/mol. The molecule has 0 saturated heterocycles. The topological polar surface area (TPSA) is 26.3 Å². The molecule has 0 aliphatic carbocycles. The van der Waals surface area contributed by atoms with Gasteiger partial charge in [-0.05, 0) is 25.8 Å². The average molecular weight is 282 g/mol. The quantitative estimate of drug-likeness (QED) is 0.681. The number of hydrogen-bond donors (Lipinski definition) is 0. The van der Waals surface area contributed by atoms with Gasteiger partial charge in [-0.2, -0.15) is 0 Å².